The minimum Gasteiger partial charge on any atom is -0.378 e. The predicted octanol–water partition coefficient (Wildman–Crippen LogP) is 2.27. The number of hydrogen-bond donors (Lipinski definition) is 3. The van der Waals surface area contributed by atoms with E-state index in [1.807, 2.05) is 6.92 Å². The standard InChI is InChI=1S/C12H17BrClN3O2.ClH/c1-6-10(14)9(13)11(16-6)12(18)17-7-3-4-15-5-8(7)19-2;/h7-8,15-16H,3-5H2,1-2H3,(H,17,18);1H/t7-,8+;/m1./s1. The van der Waals surface area contributed by atoms with Crippen molar-refractivity contribution in [2.75, 3.05) is 20.2 Å². The van der Waals surface area contributed by atoms with Gasteiger partial charge in [0.05, 0.1) is 21.6 Å². The van der Waals surface area contributed by atoms with E-state index in [0.29, 0.717) is 15.2 Å². The lowest BCUT2D eigenvalue weighted by Gasteiger charge is -2.31. The molecule has 1 amide bonds. The maximum absolute atomic E-state index is 12.3. The van der Waals surface area contributed by atoms with Crippen LogP contribution in [0, 0.1) is 6.92 Å². The van der Waals surface area contributed by atoms with Crippen molar-refractivity contribution in [2.24, 2.45) is 0 Å². The third-order valence-corrected chi connectivity index (χ3v) is 4.82. The number of H-pyrrole nitrogens is 1. The SMILES string of the molecule is CO[C@H]1CNCC[C@H]1NC(=O)c1[nH]c(C)c(Cl)c1Br.Cl. The summed E-state index contributed by atoms with van der Waals surface area (Å²) in [4.78, 5) is 15.2. The molecule has 0 aromatic carbocycles. The van der Waals surface area contributed by atoms with Crippen molar-refractivity contribution in [2.45, 2.75) is 25.5 Å². The van der Waals surface area contributed by atoms with Gasteiger partial charge in [-0.2, -0.15) is 0 Å². The van der Waals surface area contributed by atoms with Gasteiger partial charge in [0.1, 0.15) is 5.69 Å². The molecule has 2 rings (SSSR count). The summed E-state index contributed by atoms with van der Waals surface area (Å²) in [5.74, 6) is -0.171. The van der Waals surface area contributed by atoms with Crippen molar-refractivity contribution in [1.29, 1.82) is 0 Å². The summed E-state index contributed by atoms with van der Waals surface area (Å²) in [7, 11) is 1.66. The monoisotopic (exact) mass is 385 g/mol. The summed E-state index contributed by atoms with van der Waals surface area (Å²) in [6.07, 6.45) is 0.831. The fourth-order valence-electron chi connectivity index (χ4n) is 2.21. The number of piperidine rings is 1. The second-order valence-corrected chi connectivity index (χ2v) is 5.77. The van der Waals surface area contributed by atoms with Crippen LogP contribution in [0.25, 0.3) is 0 Å². The smallest absolute Gasteiger partial charge is 0.269 e. The van der Waals surface area contributed by atoms with Gasteiger partial charge in [-0.15, -0.1) is 12.4 Å². The summed E-state index contributed by atoms with van der Waals surface area (Å²) in [5.41, 5.74) is 1.23. The van der Waals surface area contributed by atoms with Crippen LogP contribution in [0.3, 0.4) is 0 Å². The van der Waals surface area contributed by atoms with E-state index >= 15 is 0 Å². The molecular weight excluding hydrogens is 369 g/mol. The van der Waals surface area contributed by atoms with Gasteiger partial charge in [-0.25, -0.2) is 0 Å². The van der Waals surface area contributed by atoms with Gasteiger partial charge in [0, 0.05) is 19.3 Å². The van der Waals surface area contributed by atoms with Gasteiger partial charge in [0.25, 0.3) is 5.91 Å². The largest absolute Gasteiger partial charge is 0.378 e. The van der Waals surface area contributed by atoms with Crippen LogP contribution in [0.15, 0.2) is 4.47 Å². The number of ether oxygens (including phenoxy) is 1. The molecule has 3 N–H and O–H groups in total. The van der Waals surface area contributed by atoms with Crippen molar-refractivity contribution in [3.63, 3.8) is 0 Å². The van der Waals surface area contributed by atoms with Gasteiger partial charge in [0.15, 0.2) is 0 Å². The Kier molecular flexibility index (Phi) is 6.81. The average Bonchev–Trinajstić information content (AvgIpc) is 2.67. The lowest BCUT2D eigenvalue weighted by atomic mass is 10.0. The van der Waals surface area contributed by atoms with Gasteiger partial charge < -0.3 is 20.4 Å². The van der Waals surface area contributed by atoms with Crippen LogP contribution >= 0.6 is 39.9 Å². The first kappa shape index (κ1) is 17.8. The van der Waals surface area contributed by atoms with Crippen LogP contribution in [0.5, 0.6) is 0 Å². The van der Waals surface area contributed by atoms with Crippen LogP contribution < -0.4 is 10.6 Å². The Morgan fingerprint density at radius 3 is 2.80 bits per heavy atom. The Balaban J connectivity index is 0.00000200. The number of aryl methyl sites for hydroxylation is 1. The van der Waals surface area contributed by atoms with E-state index < -0.39 is 0 Å². The molecule has 1 saturated heterocycles. The van der Waals surface area contributed by atoms with Gasteiger partial charge in [-0.3, -0.25) is 4.79 Å². The second-order valence-electron chi connectivity index (χ2n) is 4.60. The minimum atomic E-state index is -0.171. The average molecular weight is 387 g/mol. The third-order valence-electron chi connectivity index (χ3n) is 3.33. The Morgan fingerprint density at radius 2 is 2.25 bits per heavy atom. The summed E-state index contributed by atoms with van der Waals surface area (Å²) in [6.45, 7) is 3.44. The molecule has 5 nitrogen and oxygen atoms in total. The third kappa shape index (κ3) is 3.68. The quantitative estimate of drug-likeness (QED) is 0.746. The Hall–Kier alpha value is -0.270. The highest BCUT2D eigenvalue weighted by Gasteiger charge is 2.28. The molecule has 8 heteroatoms. The first-order valence-corrected chi connectivity index (χ1v) is 7.29. The van der Waals surface area contributed by atoms with Gasteiger partial charge in [-0.05, 0) is 35.8 Å². The zero-order valence-electron chi connectivity index (χ0n) is 11.3. The molecule has 0 aliphatic carbocycles. The van der Waals surface area contributed by atoms with Crippen LogP contribution in [-0.2, 0) is 4.74 Å². The van der Waals surface area contributed by atoms with E-state index in [9.17, 15) is 4.79 Å². The van der Waals surface area contributed by atoms with Crippen LogP contribution in [-0.4, -0.2) is 43.2 Å². The van der Waals surface area contributed by atoms with Crippen molar-refractivity contribution in [3.8, 4) is 0 Å². The highest BCUT2D eigenvalue weighted by Crippen LogP contribution is 2.29. The molecule has 0 spiro atoms. The number of rotatable bonds is 3. The normalized spacial score (nSPS) is 22.2. The minimum absolute atomic E-state index is 0. The van der Waals surface area contributed by atoms with Crippen molar-refractivity contribution in [3.05, 3.63) is 20.9 Å². The van der Waals surface area contributed by atoms with Gasteiger partial charge in [0.2, 0.25) is 0 Å². The molecule has 2 heterocycles. The molecule has 1 aliphatic rings. The molecule has 1 aliphatic heterocycles. The van der Waals surface area contributed by atoms with E-state index in [1.165, 1.54) is 0 Å². The number of nitrogens with one attached hydrogen (secondary N) is 3. The molecule has 2 atom stereocenters. The summed E-state index contributed by atoms with van der Waals surface area (Å²) in [6, 6.07) is 0.00744. The highest BCUT2D eigenvalue weighted by molar-refractivity contribution is 9.10. The summed E-state index contributed by atoms with van der Waals surface area (Å²) >= 11 is 9.38. The first-order chi connectivity index (χ1) is 9.04. The van der Waals surface area contributed by atoms with Crippen LogP contribution in [0.2, 0.25) is 5.02 Å². The van der Waals surface area contributed by atoms with E-state index in [4.69, 9.17) is 16.3 Å². The zero-order chi connectivity index (χ0) is 14.0. The van der Waals surface area contributed by atoms with Crippen molar-refractivity contribution < 1.29 is 9.53 Å². The molecule has 1 aromatic rings. The molecule has 0 saturated carbocycles. The molecule has 1 aromatic heterocycles. The number of amides is 1. The summed E-state index contributed by atoms with van der Waals surface area (Å²) < 4.78 is 5.98. The maximum atomic E-state index is 12.3. The first-order valence-electron chi connectivity index (χ1n) is 6.12. The van der Waals surface area contributed by atoms with E-state index in [2.05, 4.69) is 31.5 Å². The van der Waals surface area contributed by atoms with E-state index in [1.54, 1.807) is 7.11 Å². The van der Waals surface area contributed by atoms with Crippen molar-refractivity contribution >= 4 is 45.8 Å². The predicted molar refractivity (Wildman–Crippen MR) is 85.0 cm³/mol. The number of halogens is 3. The molecular formula is C12H18BrCl2N3O2. The van der Waals surface area contributed by atoms with E-state index in [-0.39, 0.29) is 30.5 Å². The van der Waals surface area contributed by atoms with Crippen LogP contribution in [0.4, 0.5) is 0 Å². The fraction of sp³-hybridized carbons (Fsp3) is 0.583. The Labute approximate surface area is 137 Å². The number of aromatic amines is 1. The zero-order valence-corrected chi connectivity index (χ0v) is 14.4. The number of carbonyl (C=O) groups is 1. The molecule has 1 fully saturated rings. The highest BCUT2D eigenvalue weighted by atomic mass is 79.9. The van der Waals surface area contributed by atoms with Gasteiger partial charge >= 0.3 is 0 Å². The van der Waals surface area contributed by atoms with Crippen molar-refractivity contribution in [1.82, 2.24) is 15.6 Å². The maximum Gasteiger partial charge on any atom is 0.269 e. The van der Waals surface area contributed by atoms with E-state index in [0.717, 1.165) is 25.2 Å². The molecule has 0 unspecified atom stereocenters. The lowest BCUT2D eigenvalue weighted by Crippen LogP contribution is -2.53. The molecule has 20 heavy (non-hydrogen) atoms. The fourth-order valence-corrected chi connectivity index (χ4v) is 2.93. The number of aromatic nitrogens is 1. The van der Waals surface area contributed by atoms with Gasteiger partial charge in [-0.1, -0.05) is 11.6 Å². The Bertz CT molecular complexity index is 482. The number of hydrogen-bond acceptors (Lipinski definition) is 3. The van der Waals surface area contributed by atoms with Crippen LogP contribution in [0.1, 0.15) is 22.6 Å². The summed E-state index contributed by atoms with van der Waals surface area (Å²) in [5, 5.41) is 6.77. The second kappa shape index (κ2) is 7.66. The molecule has 0 radical (unpaired) electrons. The topological polar surface area (TPSA) is 66.2 Å². The Morgan fingerprint density at radius 1 is 1.55 bits per heavy atom. The lowest BCUT2D eigenvalue weighted by molar-refractivity contribution is 0.0475. The molecule has 0 bridgehead atoms. The molecule has 114 valence electrons. The number of methoxy groups -OCH3 is 1. The number of carbonyl (C=O) groups excluding carboxylic acids is 1.